The molecular weight excluding hydrogens is 228 g/mol. The van der Waals surface area contributed by atoms with E-state index in [1.807, 2.05) is 6.33 Å². The molecule has 0 saturated carbocycles. The minimum Gasteiger partial charge on any atom is -0.383 e. The van der Waals surface area contributed by atoms with Crippen LogP contribution in [0.1, 0.15) is 25.1 Å². The summed E-state index contributed by atoms with van der Waals surface area (Å²) in [5, 5.41) is 3.30. The van der Waals surface area contributed by atoms with Gasteiger partial charge in [-0.15, -0.1) is 0 Å². The fraction of sp³-hybridized carbons (Fsp3) is 0.769. The van der Waals surface area contributed by atoms with E-state index >= 15 is 0 Å². The second-order valence-corrected chi connectivity index (χ2v) is 4.92. The first-order valence-corrected chi connectivity index (χ1v) is 6.50. The summed E-state index contributed by atoms with van der Waals surface area (Å²) in [6.07, 6.45) is 5.19. The maximum absolute atomic E-state index is 4.98. The van der Waals surface area contributed by atoms with Crippen LogP contribution < -0.4 is 5.32 Å². The van der Waals surface area contributed by atoms with Crippen LogP contribution in [0.4, 0.5) is 0 Å². The van der Waals surface area contributed by atoms with Crippen LogP contribution in [0.2, 0.25) is 0 Å². The minimum atomic E-state index is 0.493. The van der Waals surface area contributed by atoms with Crippen molar-refractivity contribution in [3.8, 4) is 0 Å². The first-order valence-electron chi connectivity index (χ1n) is 6.50. The van der Waals surface area contributed by atoms with Crippen molar-refractivity contribution in [1.29, 1.82) is 0 Å². The number of methoxy groups -OCH3 is 1. The Bertz CT molecular complexity index is 325. The quantitative estimate of drug-likeness (QED) is 0.671. The number of nitrogens with one attached hydrogen (secondary N) is 1. The molecule has 0 radical (unpaired) electrons. The lowest BCUT2D eigenvalue weighted by atomic mass is 10.2. The second-order valence-electron chi connectivity index (χ2n) is 4.92. The van der Waals surface area contributed by atoms with Crippen molar-refractivity contribution in [2.24, 2.45) is 0 Å². The van der Waals surface area contributed by atoms with Crippen LogP contribution in [-0.4, -0.2) is 55.4 Å². The van der Waals surface area contributed by atoms with Crippen molar-refractivity contribution in [1.82, 2.24) is 19.8 Å². The van der Waals surface area contributed by atoms with Crippen LogP contribution in [0, 0.1) is 0 Å². The molecule has 104 valence electrons. The monoisotopic (exact) mass is 254 g/mol. The average molecular weight is 254 g/mol. The number of imidazole rings is 1. The number of aromatic nitrogens is 2. The van der Waals surface area contributed by atoms with Gasteiger partial charge in [0.25, 0.3) is 0 Å². The molecule has 0 amide bonds. The Morgan fingerprint density at radius 3 is 2.94 bits per heavy atom. The fourth-order valence-electron chi connectivity index (χ4n) is 1.70. The van der Waals surface area contributed by atoms with Crippen molar-refractivity contribution in [3.63, 3.8) is 0 Å². The molecule has 1 aromatic rings. The van der Waals surface area contributed by atoms with Gasteiger partial charge in [-0.3, -0.25) is 0 Å². The summed E-state index contributed by atoms with van der Waals surface area (Å²) in [4.78, 5) is 6.62. The number of ether oxygens (including phenoxy) is 1. The largest absolute Gasteiger partial charge is 0.383 e. The molecule has 0 aromatic carbocycles. The van der Waals surface area contributed by atoms with Crippen molar-refractivity contribution in [3.05, 3.63) is 18.2 Å². The highest BCUT2D eigenvalue weighted by atomic mass is 16.5. The van der Waals surface area contributed by atoms with Crippen molar-refractivity contribution >= 4 is 0 Å². The maximum atomic E-state index is 4.98. The van der Waals surface area contributed by atoms with E-state index < -0.39 is 0 Å². The molecule has 0 fully saturated rings. The third kappa shape index (κ3) is 5.62. The minimum absolute atomic E-state index is 0.493. The standard InChI is InChI=1S/C13H26N4O/c1-12(5-7-16(2)3)17-10-13(15-11-17)9-14-6-8-18-4/h10-12,14H,5-9H2,1-4H3. The highest BCUT2D eigenvalue weighted by molar-refractivity contribution is 4.97. The number of nitrogens with zero attached hydrogens (tertiary/aromatic N) is 3. The number of hydrogen-bond acceptors (Lipinski definition) is 4. The molecule has 18 heavy (non-hydrogen) atoms. The molecule has 0 saturated heterocycles. The molecular formula is C13H26N4O. The van der Waals surface area contributed by atoms with Crippen LogP contribution in [0.15, 0.2) is 12.5 Å². The van der Waals surface area contributed by atoms with E-state index in [1.165, 1.54) is 0 Å². The van der Waals surface area contributed by atoms with E-state index in [2.05, 4.69) is 47.0 Å². The van der Waals surface area contributed by atoms with Crippen LogP contribution in [0.25, 0.3) is 0 Å². The number of rotatable bonds is 9. The van der Waals surface area contributed by atoms with E-state index in [0.29, 0.717) is 6.04 Å². The predicted molar refractivity (Wildman–Crippen MR) is 73.7 cm³/mol. The Hall–Kier alpha value is -0.910. The zero-order chi connectivity index (χ0) is 13.4. The van der Waals surface area contributed by atoms with Crippen molar-refractivity contribution in [2.45, 2.75) is 25.9 Å². The van der Waals surface area contributed by atoms with E-state index in [-0.39, 0.29) is 0 Å². The zero-order valence-corrected chi connectivity index (χ0v) is 12.0. The van der Waals surface area contributed by atoms with Crippen LogP contribution in [0.5, 0.6) is 0 Å². The molecule has 1 rings (SSSR count). The average Bonchev–Trinajstić information content (AvgIpc) is 2.80. The molecule has 0 aliphatic rings. The van der Waals surface area contributed by atoms with Gasteiger partial charge in [0.05, 0.1) is 18.6 Å². The lowest BCUT2D eigenvalue weighted by Crippen LogP contribution is -2.19. The molecule has 0 aliphatic carbocycles. The molecule has 1 atom stereocenters. The van der Waals surface area contributed by atoms with Gasteiger partial charge in [0.15, 0.2) is 0 Å². The summed E-state index contributed by atoms with van der Waals surface area (Å²) in [7, 11) is 5.92. The second kappa shape index (κ2) is 8.24. The molecule has 1 aromatic heterocycles. The molecule has 1 heterocycles. The SMILES string of the molecule is COCCNCc1cn(C(C)CCN(C)C)cn1. The van der Waals surface area contributed by atoms with Crippen LogP contribution in [0.3, 0.4) is 0 Å². The zero-order valence-electron chi connectivity index (χ0n) is 12.0. The van der Waals surface area contributed by atoms with Crippen LogP contribution in [-0.2, 0) is 11.3 Å². The number of hydrogen-bond donors (Lipinski definition) is 1. The van der Waals surface area contributed by atoms with Gasteiger partial charge in [0.2, 0.25) is 0 Å². The van der Waals surface area contributed by atoms with Gasteiger partial charge in [0, 0.05) is 32.4 Å². The summed E-state index contributed by atoms with van der Waals surface area (Å²) >= 11 is 0. The molecule has 1 unspecified atom stereocenters. The molecule has 0 bridgehead atoms. The van der Waals surface area contributed by atoms with Gasteiger partial charge in [-0.1, -0.05) is 0 Å². The third-order valence-corrected chi connectivity index (χ3v) is 2.95. The fourth-order valence-corrected chi connectivity index (χ4v) is 1.70. The highest BCUT2D eigenvalue weighted by Crippen LogP contribution is 2.11. The van der Waals surface area contributed by atoms with Gasteiger partial charge in [0.1, 0.15) is 0 Å². The van der Waals surface area contributed by atoms with Gasteiger partial charge in [-0.05, 0) is 34.0 Å². The van der Waals surface area contributed by atoms with E-state index in [9.17, 15) is 0 Å². The first-order chi connectivity index (χ1) is 8.63. The first kappa shape index (κ1) is 15.1. The van der Waals surface area contributed by atoms with Gasteiger partial charge in [-0.2, -0.15) is 0 Å². The summed E-state index contributed by atoms with van der Waals surface area (Å²) < 4.78 is 7.18. The smallest absolute Gasteiger partial charge is 0.0952 e. The Morgan fingerprint density at radius 1 is 1.50 bits per heavy atom. The summed E-state index contributed by atoms with van der Waals surface area (Å²) in [5.41, 5.74) is 1.09. The molecule has 0 aliphatic heterocycles. The summed E-state index contributed by atoms with van der Waals surface area (Å²) in [6.45, 7) is 5.73. The molecule has 0 spiro atoms. The van der Waals surface area contributed by atoms with Gasteiger partial charge in [-0.25, -0.2) is 4.98 Å². The topological polar surface area (TPSA) is 42.3 Å². The highest BCUT2D eigenvalue weighted by Gasteiger charge is 2.06. The van der Waals surface area contributed by atoms with E-state index in [4.69, 9.17) is 4.74 Å². The lowest BCUT2D eigenvalue weighted by molar-refractivity contribution is 0.199. The summed E-state index contributed by atoms with van der Waals surface area (Å²) in [6, 6.07) is 0.493. The van der Waals surface area contributed by atoms with E-state index in [1.54, 1.807) is 7.11 Å². The Labute approximate surface area is 110 Å². The van der Waals surface area contributed by atoms with Crippen LogP contribution >= 0.6 is 0 Å². The maximum Gasteiger partial charge on any atom is 0.0952 e. The normalized spacial score (nSPS) is 13.2. The van der Waals surface area contributed by atoms with E-state index in [0.717, 1.165) is 38.4 Å². The van der Waals surface area contributed by atoms with Crippen molar-refractivity contribution < 1.29 is 4.74 Å². The Balaban J connectivity index is 2.32. The van der Waals surface area contributed by atoms with Gasteiger partial charge >= 0.3 is 0 Å². The Morgan fingerprint density at radius 2 is 2.28 bits per heavy atom. The predicted octanol–water partition coefficient (Wildman–Crippen LogP) is 1.13. The molecule has 1 N–H and O–H groups in total. The molecule has 5 nitrogen and oxygen atoms in total. The Kier molecular flexibility index (Phi) is 6.93. The lowest BCUT2D eigenvalue weighted by Gasteiger charge is -2.16. The van der Waals surface area contributed by atoms with Crippen molar-refractivity contribution in [2.75, 3.05) is 40.9 Å². The third-order valence-electron chi connectivity index (χ3n) is 2.95. The van der Waals surface area contributed by atoms with Gasteiger partial charge < -0.3 is 19.5 Å². The summed E-state index contributed by atoms with van der Waals surface area (Å²) in [5.74, 6) is 0. The molecule has 5 heteroatoms.